The number of nitrogens with zero attached hydrogens (tertiary/aromatic N) is 2. The number of amides is 2. The number of aromatic nitrogens is 3. The maximum atomic E-state index is 12.6. The average Bonchev–Trinajstić information content (AvgIpc) is 3.38. The van der Waals surface area contributed by atoms with Gasteiger partial charge in [-0.3, -0.25) is 15.9 Å². The third kappa shape index (κ3) is 4.54. The molecule has 0 radical (unpaired) electrons. The third-order valence-electron chi connectivity index (χ3n) is 5.25. The largest absolute Gasteiger partial charge is 0.542 e. The first kappa shape index (κ1) is 22.0. The van der Waals surface area contributed by atoms with E-state index >= 15 is 0 Å². The molecule has 8 nitrogen and oxygen atoms in total. The fourth-order valence-corrected chi connectivity index (χ4v) is 3.83. The number of aromatic amines is 1. The van der Waals surface area contributed by atoms with E-state index in [0.717, 1.165) is 29.6 Å². The van der Waals surface area contributed by atoms with E-state index in [1.807, 2.05) is 30.2 Å². The van der Waals surface area contributed by atoms with Gasteiger partial charge in [0.15, 0.2) is 5.82 Å². The van der Waals surface area contributed by atoms with E-state index in [4.69, 9.17) is 0 Å². The summed E-state index contributed by atoms with van der Waals surface area (Å²) in [6.07, 6.45) is 6.06. The SMILES string of the molecule is CC(=O)Nc1cc(-c2nc3ccc(C(=O)NC4CCC([C-]=O)C4)cc3[nH]2)n(C)c1.[W]. The van der Waals surface area contributed by atoms with Crippen molar-refractivity contribution in [3.8, 4) is 11.5 Å². The Bertz CT molecular complexity index is 1100. The molecule has 0 spiro atoms. The van der Waals surface area contributed by atoms with Crippen LogP contribution in [0.3, 0.4) is 0 Å². The number of hydrogen-bond acceptors (Lipinski definition) is 4. The number of carbonyl (C=O) groups excluding carboxylic acids is 3. The van der Waals surface area contributed by atoms with Crippen molar-refractivity contribution in [3.05, 3.63) is 36.0 Å². The van der Waals surface area contributed by atoms with E-state index < -0.39 is 0 Å². The van der Waals surface area contributed by atoms with E-state index in [0.29, 0.717) is 23.5 Å². The molecule has 3 aromatic rings. The molecule has 1 saturated carbocycles. The molecule has 1 aliphatic carbocycles. The van der Waals surface area contributed by atoms with Crippen molar-refractivity contribution in [1.82, 2.24) is 19.9 Å². The first-order valence-electron chi connectivity index (χ1n) is 9.55. The molecule has 0 saturated heterocycles. The minimum atomic E-state index is -0.161. The van der Waals surface area contributed by atoms with Gasteiger partial charge in [-0.2, -0.15) is 0 Å². The van der Waals surface area contributed by atoms with Crippen LogP contribution < -0.4 is 10.6 Å². The Kier molecular flexibility index (Phi) is 6.56. The number of aryl methyl sites for hydroxylation is 1. The summed E-state index contributed by atoms with van der Waals surface area (Å²) in [5, 5.41) is 5.75. The Morgan fingerprint density at radius 2 is 2.07 bits per heavy atom. The number of anilines is 1. The van der Waals surface area contributed by atoms with Crippen LogP contribution in [0.2, 0.25) is 0 Å². The maximum Gasteiger partial charge on any atom is 0.251 e. The summed E-state index contributed by atoms with van der Waals surface area (Å²) < 4.78 is 1.87. The quantitative estimate of drug-likeness (QED) is 0.406. The second kappa shape index (κ2) is 8.96. The smallest absolute Gasteiger partial charge is 0.251 e. The van der Waals surface area contributed by atoms with Crippen molar-refractivity contribution in [2.45, 2.75) is 32.2 Å². The van der Waals surface area contributed by atoms with Gasteiger partial charge >= 0.3 is 0 Å². The third-order valence-corrected chi connectivity index (χ3v) is 5.25. The molecule has 9 heteroatoms. The van der Waals surface area contributed by atoms with Crippen LogP contribution in [0.15, 0.2) is 30.5 Å². The van der Waals surface area contributed by atoms with Crippen LogP contribution in [0.5, 0.6) is 0 Å². The number of rotatable bonds is 5. The van der Waals surface area contributed by atoms with Gasteiger partial charge in [0.1, 0.15) is 0 Å². The molecule has 2 amide bonds. The van der Waals surface area contributed by atoms with Crippen molar-refractivity contribution in [3.63, 3.8) is 0 Å². The molecule has 1 aliphatic rings. The Hall–Kier alpha value is -2.73. The van der Waals surface area contributed by atoms with Gasteiger partial charge in [0.25, 0.3) is 5.91 Å². The number of fused-ring (bicyclic) bond motifs is 1. The maximum absolute atomic E-state index is 12.6. The van der Waals surface area contributed by atoms with Gasteiger partial charge in [0, 0.05) is 52.8 Å². The zero-order chi connectivity index (χ0) is 20.5. The van der Waals surface area contributed by atoms with E-state index in [1.54, 1.807) is 18.2 Å². The van der Waals surface area contributed by atoms with Gasteiger partial charge in [-0.1, -0.05) is 12.8 Å². The average molecular weight is 576 g/mol. The molecule has 2 aromatic heterocycles. The Morgan fingerprint density at radius 3 is 2.77 bits per heavy atom. The minimum Gasteiger partial charge on any atom is -0.542 e. The zero-order valence-electron chi connectivity index (χ0n) is 16.7. The number of H-pyrrole nitrogens is 1. The minimum absolute atomic E-state index is 0. The second-order valence-corrected chi connectivity index (χ2v) is 7.52. The number of benzene rings is 1. The van der Waals surface area contributed by atoms with Crippen LogP contribution in [0, 0.1) is 5.92 Å². The van der Waals surface area contributed by atoms with Gasteiger partial charge in [0.2, 0.25) is 5.91 Å². The van der Waals surface area contributed by atoms with Crippen molar-refractivity contribution in [1.29, 1.82) is 0 Å². The van der Waals surface area contributed by atoms with Crippen molar-refractivity contribution in [2.24, 2.45) is 13.0 Å². The first-order chi connectivity index (χ1) is 13.9. The van der Waals surface area contributed by atoms with E-state index in [9.17, 15) is 14.4 Å². The summed E-state index contributed by atoms with van der Waals surface area (Å²) in [7, 11) is 1.87. The molecule has 156 valence electrons. The van der Waals surface area contributed by atoms with Crippen LogP contribution >= 0.6 is 0 Å². The monoisotopic (exact) mass is 576 g/mol. The molecule has 0 bridgehead atoms. The molecular formula is C21H22N5O3W-. The molecule has 1 fully saturated rings. The molecule has 3 N–H and O–H groups in total. The number of carbonyl (C=O) groups is 2. The molecule has 2 heterocycles. The van der Waals surface area contributed by atoms with Gasteiger partial charge in [-0.15, -0.1) is 5.92 Å². The molecule has 30 heavy (non-hydrogen) atoms. The van der Waals surface area contributed by atoms with Crippen LogP contribution in [0.25, 0.3) is 22.6 Å². The summed E-state index contributed by atoms with van der Waals surface area (Å²) in [4.78, 5) is 42.5. The molecule has 0 aliphatic heterocycles. The summed E-state index contributed by atoms with van der Waals surface area (Å²) in [6, 6.07) is 7.18. The number of hydrogen-bond donors (Lipinski definition) is 3. The molecule has 2 unspecified atom stereocenters. The van der Waals surface area contributed by atoms with Gasteiger partial charge < -0.3 is 25.0 Å². The second-order valence-electron chi connectivity index (χ2n) is 7.52. The fourth-order valence-electron chi connectivity index (χ4n) is 3.83. The fraction of sp³-hybridized carbons (Fsp3) is 0.333. The van der Waals surface area contributed by atoms with Crippen LogP contribution in [0.4, 0.5) is 5.69 Å². The molecule has 4 rings (SSSR count). The zero-order valence-corrected chi connectivity index (χ0v) is 19.6. The van der Waals surface area contributed by atoms with E-state index in [-0.39, 0.29) is 44.8 Å². The number of nitrogens with one attached hydrogen (secondary N) is 3. The number of imidazole rings is 1. The predicted molar refractivity (Wildman–Crippen MR) is 109 cm³/mol. The van der Waals surface area contributed by atoms with E-state index in [2.05, 4.69) is 20.6 Å². The molecular weight excluding hydrogens is 554 g/mol. The standard InChI is InChI=1S/C21H22N5O3.W/c1-12(28)22-16-9-19(26(2)10-16)20-24-17-6-4-14(8-18(17)25-20)21(29)23-15-5-3-13(7-15)11-27;/h4,6,8-10,13,15H,3,5,7H2,1-2H3,(H,22,28)(H,23,29)(H,24,25);/q-1;. The normalized spacial score (nSPS) is 18.1. The van der Waals surface area contributed by atoms with Gasteiger partial charge in [-0.05, 0) is 30.7 Å². The van der Waals surface area contributed by atoms with Crippen molar-refractivity contribution < 1.29 is 35.4 Å². The van der Waals surface area contributed by atoms with Crippen LogP contribution in [0.1, 0.15) is 36.5 Å². The Morgan fingerprint density at radius 1 is 1.27 bits per heavy atom. The summed E-state index contributed by atoms with van der Waals surface area (Å²) >= 11 is 0. The van der Waals surface area contributed by atoms with Crippen molar-refractivity contribution >= 4 is 34.8 Å². The Balaban J connectivity index is 0.00000256. The predicted octanol–water partition coefficient (Wildman–Crippen LogP) is 2.53. The van der Waals surface area contributed by atoms with E-state index in [1.165, 1.54) is 6.92 Å². The Labute approximate surface area is 188 Å². The van der Waals surface area contributed by atoms with Gasteiger partial charge in [-0.25, -0.2) is 4.98 Å². The topological polar surface area (TPSA) is 109 Å². The summed E-state index contributed by atoms with van der Waals surface area (Å²) in [5.41, 5.74) is 3.55. The first-order valence-corrected chi connectivity index (χ1v) is 9.55. The van der Waals surface area contributed by atoms with Crippen LogP contribution in [-0.2, 0) is 37.7 Å². The van der Waals surface area contributed by atoms with Crippen molar-refractivity contribution in [2.75, 3.05) is 5.32 Å². The summed E-state index contributed by atoms with van der Waals surface area (Å²) in [6.45, 7) is 1.46. The summed E-state index contributed by atoms with van der Waals surface area (Å²) in [5.74, 6) is 0.274. The molecule has 2 atom stereocenters. The van der Waals surface area contributed by atoms with Gasteiger partial charge in [0.05, 0.1) is 22.4 Å². The van der Waals surface area contributed by atoms with Crippen LogP contribution in [-0.4, -0.2) is 38.7 Å². The molecule has 1 aromatic carbocycles.